The molecular weight excluding hydrogens is 251 g/mol. The number of benzene rings is 1. The second kappa shape index (κ2) is 6.13. The highest BCUT2D eigenvalue weighted by molar-refractivity contribution is 5.54. The molecule has 1 aromatic rings. The summed E-state index contributed by atoms with van der Waals surface area (Å²) in [6.45, 7) is 11.3. The number of hydrogen-bond acceptors (Lipinski definition) is 2. The maximum absolute atomic E-state index is 14.2. The van der Waals surface area contributed by atoms with E-state index in [0.717, 1.165) is 24.3 Å². The fraction of sp³-hybridized carbons (Fsp3) is 0.647. The summed E-state index contributed by atoms with van der Waals surface area (Å²) in [5.74, 6) is 0.591. The summed E-state index contributed by atoms with van der Waals surface area (Å²) in [7, 11) is 0. The Morgan fingerprint density at radius 1 is 1.35 bits per heavy atom. The summed E-state index contributed by atoms with van der Waals surface area (Å²) < 4.78 is 14.2. The highest BCUT2D eigenvalue weighted by Gasteiger charge is 2.21. The van der Waals surface area contributed by atoms with E-state index < -0.39 is 0 Å². The molecule has 1 heterocycles. The smallest absolute Gasteiger partial charge is 0.129 e. The van der Waals surface area contributed by atoms with Gasteiger partial charge in [0, 0.05) is 36.4 Å². The molecule has 0 radical (unpaired) electrons. The summed E-state index contributed by atoms with van der Waals surface area (Å²) in [5, 5.41) is 3.40. The standard InChI is InChI=1S/C17H27FN2/c1-13-7-6-10-20(12-13)16-9-5-8-15(18)14(16)11-19-17(2,3)4/h5,8-9,13,19H,6-7,10-12H2,1-4H3. The molecule has 1 aromatic carbocycles. The number of nitrogens with zero attached hydrogens (tertiary/aromatic N) is 1. The fourth-order valence-electron chi connectivity index (χ4n) is 2.78. The van der Waals surface area contributed by atoms with E-state index in [1.54, 1.807) is 6.07 Å². The molecule has 0 spiro atoms. The summed E-state index contributed by atoms with van der Waals surface area (Å²) in [5.41, 5.74) is 1.86. The van der Waals surface area contributed by atoms with Crippen molar-refractivity contribution in [3.05, 3.63) is 29.6 Å². The maximum atomic E-state index is 14.2. The average Bonchev–Trinajstić information content (AvgIpc) is 2.36. The van der Waals surface area contributed by atoms with Gasteiger partial charge in [-0.3, -0.25) is 0 Å². The molecule has 20 heavy (non-hydrogen) atoms. The van der Waals surface area contributed by atoms with E-state index >= 15 is 0 Å². The van der Waals surface area contributed by atoms with E-state index in [2.05, 4.69) is 44.0 Å². The first-order chi connectivity index (χ1) is 9.37. The Morgan fingerprint density at radius 2 is 2.10 bits per heavy atom. The Bertz CT molecular complexity index is 451. The molecule has 0 aromatic heterocycles. The largest absolute Gasteiger partial charge is 0.371 e. The summed E-state index contributed by atoms with van der Waals surface area (Å²) >= 11 is 0. The van der Waals surface area contributed by atoms with Gasteiger partial charge in [-0.1, -0.05) is 13.0 Å². The highest BCUT2D eigenvalue weighted by atomic mass is 19.1. The number of piperidine rings is 1. The predicted octanol–water partition coefficient (Wildman–Crippen LogP) is 3.95. The van der Waals surface area contributed by atoms with Crippen molar-refractivity contribution in [1.29, 1.82) is 0 Å². The van der Waals surface area contributed by atoms with Crippen LogP contribution in [-0.4, -0.2) is 18.6 Å². The van der Waals surface area contributed by atoms with Gasteiger partial charge >= 0.3 is 0 Å². The van der Waals surface area contributed by atoms with Crippen LogP contribution < -0.4 is 10.2 Å². The molecule has 2 nitrogen and oxygen atoms in total. The average molecular weight is 278 g/mol. The van der Waals surface area contributed by atoms with Gasteiger partial charge in [0.15, 0.2) is 0 Å². The van der Waals surface area contributed by atoms with Gasteiger partial charge in [-0.25, -0.2) is 4.39 Å². The summed E-state index contributed by atoms with van der Waals surface area (Å²) in [6, 6.07) is 5.45. The first-order valence-corrected chi connectivity index (χ1v) is 7.64. The van der Waals surface area contributed by atoms with E-state index in [9.17, 15) is 4.39 Å². The van der Waals surface area contributed by atoms with Gasteiger partial charge in [-0.05, 0) is 51.7 Å². The number of anilines is 1. The molecule has 112 valence electrons. The zero-order valence-electron chi connectivity index (χ0n) is 13.2. The van der Waals surface area contributed by atoms with Crippen LogP contribution >= 0.6 is 0 Å². The number of hydrogen-bond donors (Lipinski definition) is 1. The van der Waals surface area contributed by atoms with Crippen molar-refractivity contribution in [2.75, 3.05) is 18.0 Å². The molecule has 0 amide bonds. The first-order valence-electron chi connectivity index (χ1n) is 7.64. The maximum Gasteiger partial charge on any atom is 0.129 e. The second-order valence-corrected chi connectivity index (χ2v) is 7.03. The highest BCUT2D eigenvalue weighted by Crippen LogP contribution is 2.28. The molecule has 2 rings (SSSR count). The van der Waals surface area contributed by atoms with Crippen molar-refractivity contribution in [2.45, 2.75) is 52.6 Å². The fourth-order valence-corrected chi connectivity index (χ4v) is 2.78. The molecule has 1 unspecified atom stereocenters. The topological polar surface area (TPSA) is 15.3 Å². The molecular formula is C17H27FN2. The van der Waals surface area contributed by atoms with Gasteiger partial charge in [0.2, 0.25) is 0 Å². The normalized spacial score (nSPS) is 20.2. The van der Waals surface area contributed by atoms with Gasteiger partial charge in [0.1, 0.15) is 5.82 Å². The quantitative estimate of drug-likeness (QED) is 0.900. The number of rotatable bonds is 3. The molecule has 0 bridgehead atoms. The SMILES string of the molecule is CC1CCCN(c2cccc(F)c2CNC(C)(C)C)C1. The molecule has 3 heteroatoms. The second-order valence-electron chi connectivity index (χ2n) is 7.03. The van der Waals surface area contributed by atoms with E-state index in [4.69, 9.17) is 0 Å². The Hall–Kier alpha value is -1.09. The lowest BCUT2D eigenvalue weighted by Gasteiger charge is -2.34. The molecule has 1 aliphatic rings. The van der Waals surface area contributed by atoms with Crippen molar-refractivity contribution in [3.63, 3.8) is 0 Å². The van der Waals surface area contributed by atoms with E-state index in [0.29, 0.717) is 12.5 Å². The third-order valence-corrected chi connectivity index (χ3v) is 3.89. The van der Waals surface area contributed by atoms with Crippen LogP contribution in [0, 0.1) is 11.7 Å². The Morgan fingerprint density at radius 3 is 2.75 bits per heavy atom. The van der Waals surface area contributed by atoms with Crippen molar-refractivity contribution in [1.82, 2.24) is 5.32 Å². The van der Waals surface area contributed by atoms with Crippen LogP contribution in [0.25, 0.3) is 0 Å². The van der Waals surface area contributed by atoms with E-state index in [1.807, 2.05) is 6.07 Å². The van der Waals surface area contributed by atoms with Crippen LogP contribution in [0.2, 0.25) is 0 Å². The van der Waals surface area contributed by atoms with Crippen LogP contribution in [0.3, 0.4) is 0 Å². The number of halogens is 1. The molecule has 0 aliphatic carbocycles. The minimum Gasteiger partial charge on any atom is -0.371 e. The number of nitrogens with one attached hydrogen (secondary N) is 1. The third kappa shape index (κ3) is 3.95. The zero-order valence-corrected chi connectivity index (χ0v) is 13.2. The lowest BCUT2D eigenvalue weighted by molar-refractivity contribution is 0.415. The molecule has 1 fully saturated rings. The van der Waals surface area contributed by atoms with Crippen LogP contribution in [-0.2, 0) is 6.54 Å². The van der Waals surface area contributed by atoms with Crippen LogP contribution in [0.5, 0.6) is 0 Å². The van der Waals surface area contributed by atoms with Crippen LogP contribution in [0.15, 0.2) is 18.2 Å². The molecule has 1 aliphatic heterocycles. The van der Waals surface area contributed by atoms with Gasteiger partial charge in [-0.2, -0.15) is 0 Å². The van der Waals surface area contributed by atoms with Crippen molar-refractivity contribution in [2.24, 2.45) is 5.92 Å². The molecule has 1 N–H and O–H groups in total. The molecule has 0 saturated carbocycles. The van der Waals surface area contributed by atoms with E-state index in [1.165, 1.54) is 12.8 Å². The van der Waals surface area contributed by atoms with Gasteiger partial charge in [0.25, 0.3) is 0 Å². The van der Waals surface area contributed by atoms with Crippen LogP contribution in [0.1, 0.15) is 46.1 Å². The van der Waals surface area contributed by atoms with Gasteiger partial charge in [0.05, 0.1) is 0 Å². The van der Waals surface area contributed by atoms with Gasteiger partial charge < -0.3 is 10.2 Å². The Labute approximate surface area is 122 Å². The summed E-state index contributed by atoms with van der Waals surface area (Å²) in [4.78, 5) is 2.34. The van der Waals surface area contributed by atoms with Crippen molar-refractivity contribution in [3.8, 4) is 0 Å². The Kier molecular flexibility index (Phi) is 4.69. The lowest BCUT2D eigenvalue weighted by Crippen LogP contribution is -2.38. The van der Waals surface area contributed by atoms with Crippen molar-refractivity contribution < 1.29 is 4.39 Å². The monoisotopic (exact) mass is 278 g/mol. The first kappa shape index (κ1) is 15.3. The van der Waals surface area contributed by atoms with E-state index in [-0.39, 0.29) is 11.4 Å². The third-order valence-electron chi connectivity index (χ3n) is 3.89. The van der Waals surface area contributed by atoms with Crippen LogP contribution in [0.4, 0.5) is 10.1 Å². The van der Waals surface area contributed by atoms with Gasteiger partial charge in [-0.15, -0.1) is 0 Å². The lowest BCUT2D eigenvalue weighted by atomic mass is 9.98. The molecule has 1 atom stereocenters. The predicted molar refractivity (Wildman–Crippen MR) is 83.6 cm³/mol. The minimum absolute atomic E-state index is 0.00522. The molecule has 1 saturated heterocycles. The summed E-state index contributed by atoms with van der Waals surface area (Å²) in [6.07, 6.45) is 2.48. The van der Waals surface area contributed by atoms with Crippen molar-refractivity contribution >= 4 is 5.69 Å². The zero-order chi connectivity index (χ0) is 14.8. The minimum atomic E-state index is -0.0996. The Balaban J connectivity index is 2.21.